The molecule has 8 rings (SSSR count). The van der Waals surface area contributed by atoms with Crippen molar-refractivity contribution in [1.29, 1.82) is 0 Å². The number of rotatable bonds is 4. The number of aromatic nitrogens is 4. The van der Waals surface area contributed by atoms with Crippen LogP contribution in [0.1, 0.15) is 22.9 Å². The Morgan fingerprint density at radius 1 is 0.512 bits per heavy atom. The molecule has 2 heterocycles. The van der Waals surface area contributed by atoms with Crippen LogP contribution >= 0.6 is 11.3 Å². The van der Waals surface area contributed by atoms with Crippen LogP contribution in [0.4, 0.5) is 0 Å². The first-order chi connectivity index (χ1) is 20.3. The predicted molar refractivity (Wildman–Crippen MR) is 168 cm³/mol. The number of benzene rings is 4. The molecule has 0 amide bonds. The average Bonchev–Trinajstić information content (AvgIpc) is 3.50. The molecule has 0 bridgehead atoms. The van der Waals surface area contributed by atoms with Gasteiger partial charge in [-0.05, 0) is 23.3 Å². The number of hydrogen-bond donors (Lipinski definition) is 0. The van der Waals surface area contributed by atoms with Gasteiger partial charge in [-0.3, -0.25) is 0 Å². The molecule has 2 unspecified atom stereocenters. The molecule has 0 radical (unpaired) electrons. The summed E-state index contributed by atoms with van der Waals surface area (Å²) < 4.78 is 1.21. The number of hydrogen-bond acceptors (Lipinski definition) is 5. The van der Waals surface area contributed by atoms with E-state index in [1.54, 1.807) is 11.3 Å². The summed E-state index contributed by atoms with van der Waals surface area (Å²) in [5.41, 5.74) is 7.71. The van der Waals surface area contributed by atoms with Crippen molar-refractivity contribution in [1.82, 2.24) is 19.9 Å². The molecule has 6 aromatic rings. The molecular formula is C36H24N4S. The van der Waals surface area contributed by atoms with Gasteiger partial charge in [-0.2, -0.15) is 0 Å². The molecule has 0 fully saturated rings. The molecule has 0 saturated heterocycles. The van der Waals surface area contributed by atoms with Crippen LogP contribution in [0.3, 0.4) is 0 Å². The lowest BCUT2D eigenvalue weighted by Crippen LogP contribution is -2.20. The molecule has 0 saturated carbocycles. The first kappa shape index (κ1) is 23.9. The summed E-state index contributed by atoms with van der Waals surface area (Å²) in [6.45, 7) is 0. The zero-order chi connectivity index (χ0) is 27.2. The van der Waals surface area contributed by atoms with Crippen molar-refractivity contribution in [3.05, 3.63) is 144 Å². The fourth-order valence-corrected chi connectivity index (χ4v) is 6.79. The number of nitrogens with zero attached hydrogens (tertiary/aromatic N) is 4. The maximum absolute atomic E-state index is 5.18. The molecule has 2 aliphatic carbocycles. The SMILES string of the molecule is C1=CC2C(c3nc(-c4ccccc4)nc(-c4ccccc4)n3)=Cc3ccc4sc(-c5ccccc5)nc4c3C2C=C1. The lowest BCUT2D eigenvalue weighted by Gasteiger charge is -2.32. The third-order valence-corrected chi connectivity index (χ3v) is 8.82. The number of thiazole rings is 1. The van der Waals surface area contributed by atoms with E-state index in [9.17, 15) is 0 Å². The Bertz CT molecular complexity index is 1930. The maximum Gasteiger partial charge on any atom is 0.164 e. The Balaban J connectivity index is 1.33. The van der Waals surface area contributed by atoms with Crippen molar-refractivity contribution in [2.45, 2.75) is 5.92 Å². The molecule has 0 N–H and O–H groups in total. The van der Waals surface area contributed by atoms with E-state index in [0.29, 0.717) is 17.5 Å². The third kappa shape index (κ3) is 4.22. The van der Waals surface area contributed by atoms with Crippen LogP contribution in [0.25, 0.3) is 55.2 Å². The van der Waals surface area contributed by atoms with Crippen LogP contribution < -0.4 is 0 Å². The van der Waals surface area contributed by atoms with Crippen LogP contribution in [0, 0.1) is 5.92 Å². The Hall–Kier alpha value is -5.00. The van der Waals surface area contributed by atoms with E-state index in [1.165, 1.54) is 15.8 Å². The van der Waals surface area contributed by atoms with Crippen LogP contribution in [-0.2, 0) is 0 Å². The zero-order valence-corrected chi connectivity index (χ0v) is 22.9. The van der Waals surface area contributed by atoms with E-state index in [1.807, 2.05) is 66.7 Å². The highest BCUT2D eigenvalue weighted by Gasteiger charge is 2.34. The molecule has 0 spiro atoms. The predicted octanol–water partition coefficient (Wildman–Crippen LogP) is 8.86. The summed E-state index contributed by atoms with van der Waals surface area (Å²) in [6, 6.07) is 35.2. The molecule has 41 heavy (non-hydrogen) atoms. The van der Waals surface area contributed by atoms with Crippen molar-refractivity contribution in [3.8, 4) is 33.3 Å². The van der Waals surface area contributed by atoms with Crippen LogP contribution in [0.2, 0.25) is 0 Å². The highest BCUT2D eigenvalue weighted by molar-refractivity contribution is 7.21. The summed E-state index contributed by atoms with van der Waals surface area (Å²) in [7, 11) is 0. The third-order valence-electron chi connectivity index (χ3n) is 7.75. The number of fused-ring (bicyclic) bond motifs is 5. The molecular weight excluding hydrogens is 520 g/mol. The summed E-state index contributed by atoms with van der Waals surface area (Å²) >= 11 is 1.75. The second-order valence-corrected chi connectivity index (χ2v) is 11.3. The first-order valence-electron chi connectivity index (χ1n) is 13.7. The van der Waals surface area contributed by atoms with Gasteiger partial charge >= 0.3 is 0 Å². The molecule has 2 aromatic heterocycles. The van der Waals surface area contributed by atoms with Crippen molar-refractivity contribution in [2.75, 3.05) is 0 Å². The van der Waals surface area contributed by atoms with Crippen molar-refractivity contribution >= 4 is 33.2 Å². The fraction of sp³-hybridized carbons (Fsp3) is 0.0556. The Labute approximate surface area is 242 Å². The molecule has 194 valence electrons. The highest BCUT2D eigenvalue weighted by Crippen LogP contribution is 2.48. The normalized spacial score (nSPS) is 17.2. The summed E-state index contributed by atoms with van der Waals surface area (Å²) in [6.07, 6.45) is 11.1. The van der Waals surface area contributed by atoms with Gasteiger partial charge in [0.25, 0.3) is 0 Å². The molecule has 2 atom stereocenters. The van der Waals surface area contributed by atoms with Crippen molar-refractivity contribution in [3.63, 3.8) is 0 Å². The summed E-state index contributed by atoms with van der Waals surface area (Å²) in [4.78, 5) is 20.2. The minimum Gasteiger partial charge on any atom is -0.236 e. The standard InChI is InChI=1S/C36H24N4S/c1-4-12-23(13-5-1)33-38-34(24-14-6-2-7-15-24)40-35(39-33)29-22-26-20-21-30-32(31(26)28-19-11-10-18-27(28)29)37-36(41-30)25-16-8-3-9-17-25/h1-22,27-28H. The van der Waals surface area contributed by atoms with Crippen molar-refractivity contribution in [2.24, 2.45) is 5.92 Å². The van der Waals surface area contributed by atoms with Crippen molar-refractivity contribution < 1.29 is 0 Å². The Morgan fingerprint density at radius 3 is 1.71 bits per heavy atom. The second-order valence-electron chi connectivity index (χ2n) is 10.3. The number of allylic oxidation sites excluding steroid dienone is 5. The lowest BCUT2D eigenvalue weighted by atomic mass is 9.72. The molecule has 0 aliphatic heterocycles. The van der Waals surface area contributed by atoms with Gasteiger partial charge in [-0.15, -0.1) is 11.3 Å². The van der Waals surface area contributed by atoms with Gasteiger partial charge in [0.05, 0.1) is 10.2 Å². The van der Waals surface area contributed by atoms with Gasteiger partial charge in [0.2, 0.25) is 0 Å². The topological polar surface area (TPSA) is 51.6 Å². The first-order valence-corrected chi connectivity index (χ1v) is 14.6. The maximum atomic E-state index is 5.18. The van der Waals surface area contributed by atoms with Crippen LogP contribution in [0.5, 0.6) is 0 Å². The second kappa shape index (κ2) is 9.88. The van der Waals surface area contributed by atoms with E-state index in [0.717, 1.165) is 32.8 Å². The van der Waals surface area contributed by atoms with Gasteiger partial charge in [0.15, 0.2) is 17.5 Å². The van der Waals surface area contributed by atoms with E-state index in [4.69, 9.17) is 19.9 Å². The summed E-state index contributed by atoms with van der Waals surface area (Å²) in [5, 5.41) is 1.05. The Morgan fingerprint density at radius 2 is 1.07 bits per heavy atom. The van der Waals surface area contributed by atoms with Gasteiger partial charge in [-0.25, -0.2) is 19.9 Å². The monoisotopic (exact) mass is 544 g/mol. The van der Waals surface area contributed by atoms with Gasteiger partial charge < -0.3 is 0 Å². The van der Waals surface area contributed by atoms with Gasteiger partial charge in [0.1, 0.15) is 5.01 Å². The van der Waals surface area contributed by atoms with Gasteiger partial charge in [-0.1, -0.05) is 121 Å². The molecule has 2 aliphatic rings. The highest BCUT2D eigenvalue weighted by atomic mass is 32.1. The van der Waals surface area contributed by atoms with Gasteiger partial charge in [0, 0.05) is 34.1 Å². The average molecular weight is 545 g/mol. The van der Waals surface area contributed by atoms with E-state index in [-0.39, 0.29) is 11.8 Å². The molecule has 4 nitrogen and oxygen atoms in total. The van der Waals surface area contributed by atoms with Crippen LogP contribution in [0.15, 0.2) is 127 Å². The van der Waals surface area contributed by atoms with E-state index in [2.05, 4.69) is 66.8 Å². The largest absolute Gasteiger partial charge is 0.236 e. The summed E-state index contributed by atoms with van der Waals surface area (Å²) in [5.74, 6) is 2.30. The fourth-order valence-electron chi connectivity index (χ4n) is 5.81. The lowest BCUT2D eigenvalue weighted by molar-refractivity contribution is 0.706. The Kier molecular flexibility index (Phi) is 5.75. The minimum absolute atomic E-state index is 0.0922. The molecule has 4 aromatic carbocycles. The van der Waals surface area contributed by atoms with Crippen LogP contribution in [-0.4, -0.2) is 19.9 Å². The zero-order valence-electron chi connectivity index (χ0n) is 22.1. The molecule has 5 heteroatoms. The smallest absolute Gasteiger partial charge is 0.164 e. The van der Waals surface area contributed by atoms with E-state index < -0.39 is 0 Å². The van der Waals surface area contributed by atoms with E-state index >= 15 is 0 Å². The quantitative estimate of drug-likeness (QED) is 0.222. The minimum atomic E-state index is 0.0922.